The minimum atomic E-state index is -0.736. The van der Waals surface area contributed by atoms with Crippen molar-refractivity contribution < 1.29 is 28.8 Å². The van der Waals surface area contributed by atoms with E-state index in [4.69, 9.17) is 0 Å². The van der Waals surface area contributed by atoms with E-state index in [1.165, 1.54) is 6.42 Å². The Morgan fingerprint density at radius 3 is 2.00 bits per heavy atom. The number of carbonyl (C=O) groups excluding carboxylic acids is 6. The first-order valence-corrected chi connectivity index (χ1v) is 18.8. The Labute approximate surface area is 309 Å². The number of amides is 6. The van der Waals surface area contributed by atoms with Crippen molar-refractivity contribution in [2.75, 3.05) is 40.3 Å². The third-order valence-corrected chi connectivity index (χ3v) is 10.9. The summed E-state index contributed by atoms with van der Waals surface area (Å²) in [6.45, 7) is 9.82. The van der Waals surface area contributed by atoms with E-state index in [1.807, 2.05) is 33.8 Å². The largest absolute Gasteiger partial charge is 0.382 e. The van der Waals surface area contributed by atoms with E-state index in [2.05, 4.69) is 11.4 Å². The van der Waals surface area contributed by atoms with Crippen LogP contribution < -0.4 is 5.32 Å². The molecule has 11 nitrogen and oxygen atoms in total. The van der Waals surface area contributed by atoms with Gasteiger partial charge >= 0.3 is 12.1 Å². The molecule has 2 aliphatic carbocycles. The lowest BCUT2D eigenvalue weighted by atomic mass is 9.68. The van der Waals surface area contributed by atoms with Gasteiger partial charge in [-0.2, -0.15) is 0 Å². The van der Waals surface area contributed by atoms with Crippen molar-refractivity contribution in [3.8, 4) is 0 Å². The Balaban J connectivity index is 0.000000222. The van der Waals surface area contributed by atoms with Crippen molar-refractivity contribution in [3.05, 3.63) is 78.0 Å². The van der Waals surface area contributed by atoms with Crippen LogP contribution in [0.3, 0.4) is 0 Å². The van der Waals surface area contributed by atoms with Crippen LogP contribution in [0.2, 0.25) is 0 Å². The van der Waals surface area contributed by atoms with Crippen LogP contribution in [0, 0.1) is 23.3 Å². The summed E-state index contributed by atoms with van der Waals surface area (Å²) in [5, 5.41) is 2.86. The van der Waals surface area contributed by atoms with Gasteiger partial charge in [0.1, 0.15) is 0 Å². The zero-order valence-electron chi connectivity index (χ0n) is 31.8. The number of dihydropyridines is 1. The molecule has 5 aliphatic rings. The second-order valence-electron chi connectivity index (χ2n) is 14.6. The summed E-state index contributed by atoms with van der Waals surface area (Å²) in [6.07, 6.45) is 16.8. The van der Waals surface area contributed by atoms with E-state index >= 15 is 0 Å². The Morgan fingerprint density at radius 2 is 1.40 bits per heavy atom. The van der Waals surface area contributed by atoms with Crippen LogP contribution in [0.25, 0.3) is 0 Å². The summed E-state index contributed by atoms with van der Waals surface area (Å²) in [5.74, 6) is -0.645. The second kappa shape index (κ2) is 17.8. The van der Waals surface area contributed by atoms with Crippen LogP contribution >= 0.6 is 0 Å². The Bertz CT molecular complexity index is 1600. The van der Waals surface area contributed by atoms with Crippen LogP contribution in [0.1, 0.15) is 95.8 Å². The fraction of sp³-hybridized carbons (Fsp3) is 0.537. The molecule has 1 N–H and O–H groups in total. The topological polar surface area (TPSA) is 127 Å². The summed E-state index contributed by atoms with van der Waals surface area (Å²) < 4.78 is 0. The van der Waals surface area contributed by atoms with Crippen molar-refractivity contribution in [1.82, 2.24) is 24.9 Å². The zero-order chi connectivity index (χ0) is 38.1. The maximum Gasteiger partial charge on any atom is 0.326 e. The molecule has 52 heavy (non-hydrogen) atoms. The highest BCUT2D eigenvalue weighted by Gasteiger charge is 2.51. The van der Waals surface area contributed by atoms with Crippen molar-refractivity contribution in [2.45, 2.75) is 85.5 Å². The van der Waals surface area contributed by atoms with Gasteiger partial charge < -0.3 is 15.1 Å². The fourth-order valence-corrected chi connectivity index (χ4v) is 7.99. The van der Waals surface area contributed by atoms with E-state index < -0.39 is 16.9 Å². The molecule has 3 heterocycles. The maximum absolute atomic E-state index is 13.2. The molecule has 11 heteroatoms. The number of Topliss-reactive ketones (excluding diaryl/α,β-unsaturated/α-hetero) is 2. The molecule has 6 amide bonds. The van der Waals surface area contributed by atoms with E-state index in [1.54, 1.807) is 73.1 Å². The molecule has 1 aromatic rings. The molecule has 0 aromatic heterocycles. The first-order chi connectivity index (χ1) is 24.9. The van der Waals surface area contributed by atoms with Gasteiger partial charge in [0.15, 0.2) is 11.6 Å². The molecule has 3 fully saturated rings. The summed E-state index contributed by atoms with van der Waals surface area (Å²) in [6, 6.07) is 8.00. The lowest BCUT2D eigenvalue weighted by Gasteiger charge is -2.47. The predicted molar refractivity (Wildman–Crippen MR) is 201 cm³/mol. The van der Waals surface area contributed by atoms with Gasteiger partial charge in [0, 0.05) is 38.3 Å². The van der Waals surface area contributed by atoms with Gasteiger partial charge in [-0.3, -0.25) is 29.0 Å². The molecule has 0 bridgehead atoms. The Hall–Kier alpha value is -4.54. The molecule has 281 valence electrons. The van der Waals surface area contributed by atoms with E-state index in [0.29, 0.717) is 24.2 Å². The normalized spacial score (nSPS) is 25.3. The number of urea groups is 2. The maximum atomic E-state index is 13.2. The molecule has 1 radical (unpaired) electrons. The standard InChI is InChI=1S/C20H24N2O3.C19H26N3O3.C2H6/c1-20(16-11-7-4-8-12-16)14-21(2)19(25)22(18(20)24)13-17(23)15-9-5-3-6-10-15;1-19(15-8-4-3-5-9-15)13-21(2)18(25)22(17(19)24)12-16(23)14-7-6-10-20-11-14;1-2/h3,5-6,9-11H,4,7-8,12-14H2,1-2H3;6-7,10-11,15,20H,3-5,8-9,12-13H2,1-2H3;1-2H3. The molecule has 6 rings (SSSR count). The quantitative estimate of drug-likeness (QED) is 0.239. The number of nitrogens with one attached hydrogen (secondary N) is 1. The van der Waals surface area contributed by atoms with Gasteiger partial charge in [0.2, 0.25) is 11.8 Å². The van der Waals surface area contributed by atoms with Crippen molar-refractivity contribution in [1.29, 1.82) is 0 Å². The van der Waals surface area contributed by atoms with Gasteiger partial charge in [0.05, 0.1) is 30.5 Å². The monoisotopic (exact) mass is 714 g/mol. The first-order valence-electron chi connectivity index (χ1n) is 18.8. The van der Waals surface area contributed by atoms with E-state index in [0.717, 1.165) is 66.7 Å². The van der Waals surface area contributed by atoms with Crippen LogP contribution in [0.15, 0.2) is 65.9 Å². The average Bonchev–Trinajstić information content (AvgIpc) is 3.19. The van der Waals surface area contributed by atoms with Gasteiger partial charge in [-0.05, 0) is 70.6 Å². The summed E-state index contributed by atoms with van der Waals surface area (Å²) >= 11 is 0. The minimum Gasteiger partial charge on any atom is -0.382 e. The molecule has 2 unspecified atom stereocenters. The van der Waals surface area contributed by atoms with Crippen LogP contribution in [0.4, 0.5) is 9.59 Å². The Morgan fingerprint density at radius 1 is 0.788 bits per heavy atom. The van der Waals surface area contributed by atoms with Crippen LogP contribution in [-0.2, 0) is 14.4 Å². The fourth-order valence-electron chi connectivity index (χ4n) is 7.99. The molecule has 0 spiro atoms. The second-order valence-corrected chi connectivity index (χ2v) is 14.6. The highest BCUT2D eigenvalue weighted by atomic mass is 16.2. The number of nitrogens with zero attached hydrogens (tertiary/aromatic N) is 4. The highest BCUT2D eigenvalue weighted by Crippen LogP contribution is 2.43. The molecule has 2 atom stereocenters. The zero-order valence-corrected chi connectivity index (χ0v) is 31.8. The lowest BCUT2D eigenvalue weighted by molar-refractivity contribution is -0.149. The van der Waals surface area contributed by atoms with Gasteiger partial charge in [-0.25, -0.2) is 9.59 Å². The molecular formula is C41H56N5O6. The number of ketones is 2. The van der Waals surface area contributed by atoms with E-state index in [-0.39, 0.29) is 48.4 Å². The predicted octanol–water partition coefficient (Wildman–Crippen LogP) is 6.54. The number of imide groups is 2. The third kappa shape index (κ3) is 8.73. The average molecular weight is 715 g/mol. The molecule has 2 saturated heterocycles. The van der Waals surface area contributed by atoms with Crippen molar-refractivity contribution in [2.24, 2.45) is 16.7 Å². The summed E-state index contributed by atoms with van der Waals surface area (Å²) in [7, 11) is 3.40. The van der Waals surface area contributed by atoms with Crippen LogP contribution in [-0.4, -0.2) is 95.3 Å². The first kappa shape index (κ1) is 40.2. The van der Waals surface area contributed by atoms with Gasteiger partial charge in [-0.15, -0.1) is 0 Å². The minimum absolute atomic E-state index is 0.198. The summed E-state index contributed by atoms with van der Waals surface area (Å²) in [4.78, 5) is 81.9. The van der Waals surface area contributed by atoms with Crippen LogP contribution in [0.5, 0.6) is 0 Å². The Kier molecular flexibility index (Phi) is 13.8. The molecule has 1 aromatic carbocycles. The summed E-state index contributed by atoms with van der Waals surface area (Å²) in [5.41, 5.74) is 0.734. The number of rotatable bonds is 8. The van der Waals surface area contributed by atoms with Crippen molar-refractivity contribution >= 4 is 35.4 Å². The lowest BCUT2D eigenvalue weighted by Crippen LogP contribution is -2.63. The number of allylic oxidation sites excluding steroid dienone is 3. The SMILES string of the molecule is CC.CN1CC(C)(C2=CCCCC2)C(=O)N(CC(=O)c2ccccc2)C1=O.CN1CC(C)(C2CCCCC2)C(=O)N(CC(=O)C2=CC=CN[CH]2)C1=O. The molecule has 1 saturated carbocycles. The number of hydrogen-bond donors (Lipinski definition) is 1. The number of hydrogen-bond acceptors (Lipinski definition) is 7. The van der Waals surface area contributed by atoms with E-state index in [9.17, 15) is 28.8 Å². The van der Waals surface area contributed by atoms with Gasteiger partial charge in [-0.1, -0.05) is 81.2 Å². The third-order valence-electron chi connectivity index (χ3n) is 10.9. The smallest absolute Gasteiger partial charge is 0.326 e. The number of carbonyl (C=O) groups is 6. The number of benzene rings is 1. The molecular weight excluding hydrogens is 658 g/mol. The van der Waals surface area contributed by atoms with Crippen molar-refractivity contribution in [3.63, 3.8) is 0 Å². The highest BCUT2D eigenvalue weighted by molar-refractivity contribution is 6.08. The van der Waals surface area contributed by atoms with Gasteiger partial charge in [0.25, 0.3) is 0 Å². The molecule has 3 aliphatic heterocycles.